The fourth-order valence-corrected chi connectivity index (χ4v) is 9.18. The van der Waals surface area contributed by atoms with Gasteiger partial charge in [0.25, 0.3) is 5.91 Å². The Kier molecular flexibility index (Phi) is 8.13. The Morgan fingerprint density at radius 2 is 1.73 bits per heavy atom. The number of carbonyl (C=O) groups excluding carboxylic acids is 2. The highest BCUT2D eigenvalue weighted by Gasteiger charge is 2.47. The number of ether oxygens (including phenoxy) is 2. The fourth-order valence-electron chi connectivity index (χ4n) is 9.18. The van der Waals surface area contributed by atoms with E-state index in [1.165, 1.54) is 29.3 Å². The van der Waals surface area contributed by atoms with Crippen LogP contribution in [0.15, 0.2) is 60.7 Å². The van der Waals surface area contributed by atoms with Gasteiger partial charge < -0.3 is 39.5 Å². The second-order valence-electron chi connectivity index (χ2n) is 15.3. The van der Waals surface area contributed by atoms with Gasteiger partial charge in [-0.15, -0.1) is 0 Å². The number of nitrogens with one attached hydrogen (secondary N) is 1. The number of hydrogen-bond acceptors (Lipinski definition) is 6. The molecule has 0 radical (unpaired) electrons. The summed E-state index contributed by atoms with van der Waals surface area (Å²) in [6, 6.07) is 20.3. The number of methoxy groups -OCH3 is 2. The summed E-state index contributed by atoms with van der Waals surface area (Å²) >= 11 is 0. The quantitative estimate of drug-likeness (QED) is 0.188. The molecule has 4 aliphatic rings. The van der Waals surface area contributed by atoms with Gasteiger partial charge in [0.1, 0.15) is 17.0 Å². The number of fused-ring (bicyclic) bond motifs is 4. The van der Waals surface area contributed by atoms with E-state index in [0.29, 0.717) is 47.9 Å². The molecule has 3 aromatic carbocycles. The van der Waals surface area contributed by atoms with Gasteiger partial charge in [0.15, 0.2) is 5.82 Å². The highest BCUT2D eigenvalue weighted by molar-refractivity contribution is 6.01. The maximum Gasteiger partial charge on any atom is 0.321 e. The third kappa shape index (κ3) is 5.57. The molecular formula is C41H47N7O4. The summed E-state index contributed by atoms with van der Waals surface area (Å²) in [7, 11) is 5.33. The number of hydrogen-bond donors (Lipinski definition) is 2. The molecule has 11 heteroatoms. The number of urea groups is 1. The number of aromatic nitrogens is 3. The molecule has 4 heterocycles. The van der Waals surface area contributed by atoms with Gasteiger partial charge in [0.2, 0.25) is 0 Å². The lowest BCUT2D eigenvalue weighted by Crippen LogP contribution is -2.41. The molecule has 2 saturated carbocycles. The first-order valence-electron chi connectivity index (χ1n) is 18.7. The summed E-state index contributed by atoms with van der Waals surface area (Å²) < 4.78 is 15.9. The molecule has 3 amide bonds. The Labute approximate surface area is 303 Å². The smallest absolute Gasteiger partial charge is 0.321 e. The summed E-state index contributed by atoms with van der Waals surface area (Å²) in [4.78, 5) is 36.2. The summed E-state index contributed by atoms with van der Waals surface area (Å²) in [5, 5.41) is 4.24. The van der Waals surface area contributed by atoms with E-state index in [2.05, 4.69) is 38.7 Å². The van der Waals surface area contributed by atoms with Gasteiger partial charge in [-0.25, -0.2) is 9.78 Å². The Hall–Kier alpha value is -5.03. The minimum absolute atomic E-state index is 0.00590. The Bertz CT molecular complexity index is 2190. The number of benzene rings is 3. The van der Waals surface area contributed by atoms with E-state index in [4.69, 9.17) is 20.2 Å². The monoisotopic (exact) mass is 701 g/mol. The zero-order chi connectivity index (χ0) is 35.7. The normalized spacial score (nSPS) is 21.7. The molecule has 5 aromatic rings. The van der Waals surface area contributed by atoms with Crippen LogP contribution in [0.1, 0.15) is 60.4 Å². The molecule has 0 unspecified atom stereocenters. The van der Waals surface area contributed by atoms with Crippen molar-refractivity contribution in [2.24, 2.45) is 24.6 Å². The molecule has 4 fully saturated rings. The van der Waals surface area contributed by atoms with Crippen molar-refractivity contribution in [3.8, 4) is 23.0 Å². The van der Waals surface area contributed by atoms with Crippen LogP contribution in [-0.2, 0) is 13.6 Å². The number of piperidine rings is 2. The van der Waals surface area contributed by atoms with E-state index in [0.717, 1.165) is 67.0 Å². The van der Waals surface area contributed by atoms with Crippen LogP contribution in [0.25, 0.3) is 33.5 Å². The number of para-hydroxylation sites is 1. The maximum absolute atomic E-state index is 13.9. The molecule has 0 spiro atoms. The van der Waals surface area contributed by atoms with Crippen molar-refractivity contribution < 1.29 is 19.1 Å². The van der Waals surface area contributed by atoms with Crippen LogP contribution in [-0.4, -0.2) is 81.8 Å². The molecule has 3 N–H and O–H groups in total. The van der Waals surface area contributed by atoms with Crippen LogP contribution in [0.3, 0.4) is 0 Å². The molecular weight excluding hydrogens is 654 g/mol. The van der Waals surface area contributed by atoms with Crippen LogP contribution in [0, 0.1) is 11.8 Å². The van der Waals surface area contributed by atoms with Crippen molar-refractivity contribution in [1.82, 2.24) is 23.9 Å². The maximum atomic E-state index is 13.9. The number of anilines is 1. The minimum atomic E-state index is -0.0809. The molecule has 3 atom stereocenters. The number of nitrogens with zero attached hydrogens (tertiary/aromatic N) is 5. The molecule has 2 aromatic heterocycles. The van der Waals surface area contributed by atoms with E-state index in [-0.39, 0.29) is 24.0 Å². The number of nitrogens with two attached hydrogens (primary N) is 1. The van der Waals surface area contributed by atoms with Gasteiger partial charge in [-0.1, -0.05) is 24.3 Å². The first-order chi connectivity index (χ1) is 25.3. The van der Waals surface area contributed by atoms with E-state index in [9.17, 15) is 9.59 Å². The zero-order valence-corrected chi connectivity index (χ0v) is 30.2. The molecule has 2 saturated heterocycles. The topological polar surface area (TPSA) is 120 Å². The lowest BCUT2D eigenvalue weighted by molar-refractivity contribution is 0.0700. The van der Waals surface area contributed by atoms with Crippen LogP contribution < -0.4 is 20.5 Å². The third-order valence-electron chi connectivity index (χ3n) is 12.2. The summed E-state index contributed by atoms with van der Waals surface area (Å²) in [5.74, 6) is 3.57. The number of rotatable bonds is 8. The van der Waals surface area contributed by atoms with E-state index < -0.39 is 0 Å². The average molecular weight is 702 g/mol. The largest absolute Gasteiger partial charge is 0.497 e. The predicted molar refractivity (Wildman–Crippen MR) is 202 cm³/mol. The highest BCUT2D eigenvalue weighted by atomic mass is 16.5. The number of amides is 3. The molecule has 9 rings (SSSR count). The predicted octanol–water partition coefficient (Wildman–Crippen LogP) is 6.60. The standard InChI is InChI=1S/C41H47N7O4/c1-45-38-32(18-28(20-35(38)52-3)40(49)48-23-27-12-13-33(48)36(27)42)44-39(45)34-19-26-6-4-9-31(37(26)47(34)22-24-10-11-24)25-14-16-46(17-15-25)41(50)43-29-7-5-8-30(21-29)51-2/h4-9,18-21,24-25,27,33,36H,10-17,22-23,42H2,1-3H3,(H,43,50)/t27-,33-,36-/m1/s1. The van der Waals surface area contributed by atoms with Gasteiger partial charge in [0.05, 0.1) is 30.9 Å². The van der Waals surface area contributed by atoms with Crippen LogP contribution in [0.2, 0.25) is 0 Å². The fraction of sp³-hybridized carbons (Fsp3) is 0.439. The van der Waals surface area contributed by atoms with Crippen molar-refractivity contribution in [3.63, 3.8) is 0 Å². The van der Waals surface area contributed by atoms with E-state index in [1.807, 2.05) is 53.2 Å². The molecule has 2 bridgehead atoms. The van der Waals surface area contributed by atoms with Gasteiger partial charge in [-0.2, -0.15) is 0 Å². The van der Waals surface area contributed by atoms with Gasteiger partial charge in [-0.3, -0.25) is 4.79 Å². The van der Waals surface area contributed by atoms with Crippen LogP contribution >= 0.6 is 0 Å². The summed E-state index contributed by atoms with van der Waals surface area (Å²) in [6.07, 6.45) is 6.30. The first-order valence-corrected chi connectivity index (χ1v) is 18.7. The minimum Gasteiger partial charge on any atom is -0.497 e. The van der Waals surface area contributed by atoms with Crippen molar-refractivity contribution in [2.45, 2.75) is 63.1 Å². The lowest BCUT2D eigenvalue weighted by atomic mass is 9.88. The van der Waals surface area contributed by atoms with E-state index >= 15 is 0 Å². The number of carbonyl (C=O) groups is 2. The van der Waals surface area contributed by atoms with Crippen LogP contribution in [0.5, 0.6) is 11.5 Å². The average Bonchev–Trinajstić information content (AvgIpc) is 3.56. The molecule has 11 nitrogen and oxygen atoms in total. The van der Waals surface area contributed by atoms with Gasteiger partial charge >= 0.3 is 6.03 Å². The first kappa shape index (κ1) is 32.8. The number of aryl methyl sites for hydroxylation is 1. The highest BCUT2D eigenvalue weighted by Crippen LogP contribution is 2.42. The van der Waals surface area contributed by atoms with Gasteiger partial charge in [0, 0.05) is 68.0 Å². The second-order valence-corrected chi connectivity index (χ2v) is 15.3. The van der Waals surface area contributed by atoms with Crippen molar-refractivity contribution in [2.75, 3.05) is 39.2 Å². The Balaban J connectivity index is 1.03. The summed E-state index contributed by atoms with van der Waals surface area (Å²) in [6.45, 7) is 3.02. The van der Waals surface area contributed by atoms with Crippen molar-refractivity contribution in [3.05, 3.63) is 71.8 Å². The summed E-state index contributed by atoms with van der Waals surface area (Å²) in [5.41, 5.74) is 13.1. The molecule has 52 heavy (non-hydrogen) atoms. The van der Waals surface area contributed by atoms with Crippen molar-refractivity contribution >= 4 is 39.6 Å². The van der Waals surface area contributed by atoms with Crippen LogP contribution in [0.4, 0.5) is 10.5 Å². The second kappa shape index (κ2) is 12.9. The Morgan fingerprint density at radius 3 is 2.44 bits per heavy atom. The van der Waals surface area contributed by atoms with E-state index in [1.54, 1.807) is 14.2 Å². The zero-order valence-electron chi connectivity index (χ0n) is 30.2. The SMILES string of the molecule is COc1cccc(NC(=O)N2CCC(c3cccc4cc(-c5nc6cc(C(=O)N7C[C@H]8CC[C@@H]7[C@@H]8N)cc(OC)c6n5C)n(CC5CC5)c34)CC2)c1. The molecule has 270 valence electrons. The van der Waals surface area contributed by atoms with Gasteiger partial charge in [-0.05, 0) is 92.2 Å². The lowest BCUT2D eigenvalue weighted by Gasteiger charge is -2.32. The number of likely N-dealkylation sites (tertiary alicyclic amines) is 2. The Morgan fingerprint density at radius 1 is 0.923 bits per heavy atom. The molecule has 2 aliphatic carbocycles. The number of imidazole rings is 1. The van der Waals surface area contributed by atoms with Crippen molar-refractivity contribution in [1.29, 1.82) is 0 Å². The molecule has 2 aliphatic heterocycles. The third-order valence-corrected chi connectivity index (χ3v) is 12.2.